The number of piperidine rings is 1. The molecule has 1 atom stereocenters. The third-order valence-electron chi connectivity index (χ3n) is 4.89. The lowest BCUT2D eigenvalue weighted by atomic mass is 10.0. The molecule has 1 fully saturated rings. The average Bonchev–Trinajstić information content (AvgIpc) is 3.19. The maximum Gasteiger partial charge on any atom is 0.254 e. The lowest BCUT2D eigenvalue weighted by Crippen LogP contribution is -2.38. The van der Waals surface area contributed by atoms with Gasteiger partial charge in [0.15, 0.2) is 0 Å². The fourth-order valence-corrected chi connectivity index (χ4v) is 3.64. The summed E-state index contributed by atoms with van der Waals surface area (Å²) in [6, 6.07) is 15.3. The molecule has 2 aromatic carbocycles. The maximum atomic E-state index is 13.0. The smallest absolute Gasteiger partial charge is 0.254 e. The summed E-state index contributed by atoms with van der Waals surface area (Å²) in [5.74, 6) is 1.07. The molecule has 1 aromatic heterocycles. The summed E-state index contributed by atoms with van der Waals surface area (Å²) in [6.45, 7) is 2.72. The largest absolute Gasteiger partial charge is 0.337 e. The van der Waals surface area contributed by atoms with Gasteiger partial charge in [0.05, 0.1) is 0 Å². The summed E-state index contributed by atoms with van der Waals surface area (Å²) < 4.78 is 6.55. The highest BCUT2D eigenvalue weighted by molar-refractivity contribution is 9.10. The molecule has 138 valence electrons. The molecule has 1 saturated heterocycles. The standard InChI is InChI=1S/C21H20BrN3O2/c1-14-5-7-16(8-6-14)21(26)25-13-3-2-4-18(25)20-23-19(24-27-20)15-9-11-17(22)12-10-15/h5-12,18H,2-4,13H2,1H3. The summed E-state index contributed by atoms with van der Waals surface area (Å²) in [5.41, 5.74) is 2.72. The van der Waals surface area contributed by atoms with Crippen LogP contribution in [0.15, 0.2) is 57.5 Å². The van der Waals surface area contributed by atoms with Crippen LogP contribution in [0.5, 0.6) is 0 Å². The van der Waals surface area contributed by atoms with E-state index in [1.54, 1.807) is 0 Å². The van der Waals surface area contributed by atoms with Gasteiger partial charge in [0.1, 0.15) is 6.04 Å². The Hall–Kier alpha value is -2.47. The molecule has 1 amide bonds. The highest BCUT2D eigenvalue weighted by Crippen LogP contribution is 2.32. The number of hydrogen-bond donors (Lipinski definition) is 0. The summed E-state index contributed by atoms with van der Waals surface area (Å²) in [5, 5.41) is 4.13. The summed E-state index contributed by atoms with van der Waals surface area (Å²) in [6.07, 6.45) is 2.86. The van der Waals surface area contributed by atoms with Crippen molar-refractivity contribution in [3.8, 4) is 11.4 Å². The van der Waals surface area contributed by atoms with Gasteiger partial charge in [0.2, 0.25) is 11.7 Å². The molecule has 0 saturated carbocycles. The molecule has 2 heterocycles. The second-order valence-electron chi connectivity index (χ2n) is 6.84. The molecule has 6 heteroatoms. The van der Waals surface area contributed by atoms with Crippen LogP contribution in [-0.4, -0.2) is 27.5 Å². The zero-order chi connectivity index (χ0) is 18.8. The topological polar surface area (TPSA) is 59.2 Å². The van der Waals surface area contributed by atoms with E-state index in [9.17, 15) is 4.79 Å². The number of nitrogens with zero attached hydrogens (tertiary/aromatic N) is 3. The minimum Gasteiger partial charge on any atom is -0.337 e. The highest BCUT2D eigenvalue weighted by atomic mass is 79.9. The van der Waals surface area contributed by atoms with Crippen LogP contribution in [0.25, 0.3) is 11.4 Å². The van der Waals surface area contributed by atoms with Crippen LogP contribution in [0.3, 0.4) is 0 Å². The molecular weight excluding hydrogens is 406 g/mol. The third-order valence-corrected chi connectivity index (χ3v) is 5.42. The Morgan fingerprint density at radius 2 is 1.85 bits per heavy atom. The van der Waals surface area contributed by atoms with E-state index in [0.717, 1.165) is 34.9 Å². The Morgan fingerprint density at radius 1 is 1.11 bits per heavy atom. The molecule has 0 spiro atoms. The van der Waals surface area contributed by atoms with Gasteiger partial charge in [0.25, 0.3) is 5.91 Å². The first kappa shape index (κ1) is 17.9. The van der Waals surface area contributed by atoms with Crippen molar-refractivity contribution in [1.29, 1.82) is 0 Å². The molecule has 0 N–H and O–H groups in total. The quantitative estimate of drug-likeness (QED) is 0.580. The predicted octanol–water partition coefficient (Wildman–Crippen LogP) is 5.17. The first-order valence-corrected chi connectivity index (χ1v) is 9.88. The van der Waals surface area contributed by atoms with E-state index >= 15 is 0 Å². The third kappa shape index (κ3) is 3.81. The number of aromatic nitrogens is 2. The van der Waals surface area contributed by atoms with Crippen LogP contribution in [0, 0.1) is 6.92 Å². The van der Waals surface area contributed by atoms with E-state index < -0.39 is 0 Å². The van der Waals surface area contributed by atoms with Crippen molar-refractivity contribution in [2.75, 3.05) is 6.54 Å². The van der Waals surface area contributed by atoms with E-state index in [0.29, 0.717) is 23.8 Å². The second-order valence-corrected chi connectivity index (χ2v) is 7.75. The average molecular weight is 426 g/mol. The number of benzene rings is 2. The van der Waals surface area contributed by atoms with Gasteiger partial charge in [-0.15, -0.1) is 0 Å². The Balaban J connectivity index is 1.60. The minimum atomic E-state index is -0.177. The fraction of sp³-hybridized carbons (Fsp3) is 0.286. The maximum absolute atomic E-state index is 13.0. The number of aryl methyl sites for hydroxylation is 1. The van der Waals surface area contributed by atoms with E-state index in [1.165, 1.54) is 0 Å². The van der Waals surface area contributed by atoms with Crippen molar-refractivity contribution in [2.24, 2.45) is 0 Å². The first-order valence-electron chi connectivity index (χ1n) is 9.09. The van der Waals surface area contributed by atoms with E-state index in [1.807, 2.05) is 60.4 Å². The van der Waals surface area contributed by atoms with Crippen molar-refractivity contribution in [3.63, 3.8) is 0 Å². The molecule has 27 heavy (non-hydrogen) atoms. The van der Waals surface area contributed by atoms with Crippen molar-refractivity contribution in [2.45, 2.75) is 32.2 Å². The number of carbonyl (C=O) groups is 1. The monoisotopic (exact) mass is 425 g/mol. The van der Waals surface area contributed by atoms with Crippen molar-refractivity contribution in [3.05, 3.63) is 70.0 Å². The molecule has 0 bridgehead atoms. The van der Waals surface area contributed by atoms with Crippen LogP contribution in [0.1, 0.15) is 47.1 Å². The van der Waals surface area contributed by atoms with Crippen LogP contribution in [0.4, 0.5) is 0 Å². The Bertz CT molecular complexity index is 935. The summed E-state index contributed by atoms with van der Waals surface area (Å²) >= 11 is 3.43. The zero-order valence-electron chi connectivity index (χ0n) is 15.1. The number of halogens is 1. The number of amides is 1. The highest BCUT2D eigenvalue weighted by Gasteiger charge is 2.32. The Morgan fingerprint density at radius 3 is 2.59 bits per heavy atom. The van der Waals surface area contributed by atoms with Crippen molar-refractivity contribution >= 4 is 21.8 Å². The number of carbonyl (C=O) groups excluding carboxylic acids is 1. The summed E-state index contributed by atoms with van der Waals surface area (Å²) in [7, 11) is 0. The molecular formula is C21H20BrN3O2. The van der Waals surface area contributed by atoms with Crippen LogP contribution in [0.2, 0.25) is 0 Å². The van der Waals surface area contributed by atoms with E-state index in [4.69, 9.17) is 4.52 Å². The fourth-order valence-electron chi connectivity index (χ4n) is 3.38. The van der Waals surface area contributed by atoms with Crippen LogP contribution < -0.4 is 0 Å². The molecule has 1 aliphatic rings. The SMILES string of the molecule is Cc1ccc(C(=O)N2CCCCC2c2nc(-c3ccc(Br)cc3)no2)cc1. The van der Waals surface area contributed by atoms with Crippen molar-refractivity contribution < 1.29 is 9.32 Å². The molecule has 4 rings (SSSR count). The minimum absolute atomic E-state index is 0.0168. The van der Waals surface area contributed by atoms with Gasteiger partial charge in [-0.25, -0.2) is 0 Å². The van der Waals surface area contributed by atoms with Gasteiger partial charge in [0, 0.05) is 22.1 Å². The normalized spacial score (nSPS) is 17.1. The first-order chi connectivity index (χ1) is 13.1. The van der Waals surface area contributed by atoms with Gasteiger partial charge in [-0.1, -0.05) is 38.8 Å². The lowest BCUT2D eigenvalue weighted by molar-refractivity contribution is 0.0561. The second kappa shape index (κ2) is 7.64. The van der Waals surface area contributed by atoms with E-state index in [2.05, 4.69) is 26.1 Å². The number of hydrogen-bond acceptors (Lipinski definition) is 4. The molecule has 1 aliphatic heterocycles. The van der Waals surface area contributed by atoms with Gasteiger partial charge in [-0.2, -0.15) is 4.98 Å². The van der Waals surface area contributed by atoms with Gasteiger partial charge < -0.3 is 9.42 Å². The molecule has 1 unspecified atom stereocenters. The Labute approximate surface area is 166 Å². The van der Waals surface area contributed by atoms with Crippen LogP contribution >= 0.6 is 15.9 Å². The van der Waals surface area contributed by atoms with Crippen LogP contribution in [-0.2, 0) is 0 Å². The lowest BCUT2D eigenvalue weighted by Gasteiger charge is -2.33. The van der Waals surface area contributed by atoms with Gasteiger partial charge in [-0.3, -0.25) is 4.79 Å². The molecule has 0 aliphatic carbocycles. The van der Waals surface area contributed by atoms with Gasteiger partial charge >= 0.3 is 0 Å². The zero-order valence-corrected chi connectivity index (χ0v) is 16.6. The van der Waals surface area contributed by atoms with Gasteiger partial charge in [-0.05, 0) is 62.6 Å². The number of rotatable bonds is 3. The predicted molar refractivity (Wildman–Crippen MR) is 106 cm³/mol. The Kier molecular flexibility index (Phi) is 5.07. The molecule has 0 radical (unpaired) electrons. The molecule has 3 aromatic rings. The summed E-state index contributed by atoms with van der Waals surface area (Å²) in [4.78, 5) is 19.5. The van der Waals surface area contributed by atoms with E-state index in [-0.39, 0.29) is 11.9 Å². The van der Waals surface area contributed by atoms with Crippen molar-refractivity contribution in [1.82, 2.24) is 15.0 Å². The molecule has 5 nitrogen and oxygen atoms in total. The number of likely N-dealkylation sites (tertiary alicyclic amines) is 1.